The third-order valence-corrected chi connectivity index (χ3v) is 4.32. The highest BCUT2D eigenvalue weighted by molar-refractivity contribution is 6.05. The average molecular weight is 331 g/mol. The Morgan fingerprint density at radius 1 is 1.17 bits per heavy atom. The molecule has 3 rings (SSSR count). The fourth-order valence-electron chi connectivity index (χ4n) is 2.93. The van der Waals surface area contributed by atoms with Crippen molar-refractivity contribution in [3.63, 3.8) is 0 Å². The predicted octanol–water partition coefficient (Wildman–Crippen LogP) is 0.398. The molecule has 1 atom stereocenters. The highest BCUT2D eigenvalue weighted by Crippen LogP contribution is 2.13. The maximum atomic E-state index is 12.4. The lowest BCUT2D eigenvalue weighted by Crippen LogP contribution is -2.44. The molecule has 0 radical (unpaired) electrons. The zero-order valence-corrected chi connectivity index (χ0v) is 13.4. The number of hydrogen-bond donors (Lipinski definition) is 1. The highest BCUT2D eigenvalue weighted by atomic mass is 16.5. The van der Waals surface area contributed by atoms with Gasteiger partial charge in [0.15, 0.2) is 0 Å². The number of nitrogens with one attached hydrogen (secondary N) is 1. The first-order chi connectivity index (χ1) is 11.6. The molecule has 0 aliphatic carbocycles. The molecule has 0 bridgehead atoms. The number of morpholine rings is 1. The first kappa shape index (κ1) is 16.4. The van der Waals surface area contributed by atoms with Gasteiger partial charge in [-0.05, 0) is 12.0 Å². The fourth-order valence-corrected chi connectivity index (χ4v) is 2.93. The van der Waals surface area contributed by atoms with E-state index in [0.717, 1.165) is 5.56 Å². The van der Waals surface area contributed by atoms with Gasteiger partial charge in [-0.15, -0.1) is 0 Å². The van der Waals surface area contributed by atoms with Gasteiger partial charge in [-0.25, -0.2) is 4.79 Å². The molecular weight excluding hydrogens is 310 g/mol. The molecule has 4 amide bonds. The van der Waals surface area contributed by atoms with E-state index >= 15 is 0 Å². The second-order valence-corrected chi connectivity index (χ2v) is 5.92. The van der Waals surface area contributed by atoms with Gasteiger partial charge in [0.05, 0.1) is 19.6 Å². The third-order valence-electron chi connectivity index (χ3n) is 4.32. The summed E-state index contributed by atoms with van der Waals surface area (Å²) in [5.74, 6) is -0.445. The van der Waals surface area contributed by atoms with Crippen LogP contribution in [0.15, 0.2) is 30.3 Å². The van der Waals surface area contributed by atoms with Crippen LogP contribution in [0.2, 0.25) is 0 Å². The van der Waals surface area contributed by atoms with Gasteiger partial charge in [-0.2, -0.15) is 0 Å². The summed E-state index contributed by atoms with van der Waals surface area (Å²) in [6.07, 6.45) is 0.608. The minimum atomic E-state index is -0.761. The summed E-state index contributed by atoms with van der Waals surface area (Å²) in [7, 11) is 0. The summed E-state index contributed by atoms with van der Waals surface area (Å²) >= 11 is 0. The first-order valence-electron chi connectivity index (χ1n) is 8.16. The molecule has 7 heteroatoms. The monoisotopic (exact) mass is 331 g/mol. The molecule has 2 heterocycles. The van der Waals surface area contributed by atoms with Gasteiger partial charge < -0.3 is 15.0 Å². The molecule has 0 saturated carbocycles. The predicted molar refractivity (Wildman–Crippen MR) is 86.2 cm³/mol. The van der Waals surface area contributed by atoms with Crippen molar-refractivity contribution < 1.29 is 19.1 Å². The quantitative estimate of drug-likeness (QED) is 0.792. The molecule has 0 spiro atoms. The van der Waals surface area contributed by atoms with E-state index in [1.165, 1.54) is 4.90 Å². The average Bonchev–Trinajstić information content (AvgIpc) is 2.88. The van der Waals surface area contributed by atoms with Gasteiger partial charge in [-0.1, -0.05) is 30.3 Å². The molecule has 2 aliphatic rings. The summed E-state index contributed by atoms with van der Waals surface area (Å²) < 4.78 is 5.21. The molecule has 2 saturated heterocycles. The Kier molecular flexibility index (Phi) is 5.10. The smallest absolute Gasteiger partial charge is 0.324 e. The molecular formula is C17H21N3O4. The third kappa shape index (κ3) is 3.73. The summed E-state index contributed by atoms with van der Waals surface area (Å²) in [5.41, 5.74) is 1.06. The van der Waals surface area contributed by atoms with E-state index < -0.39 is 12.1 Å². The summed E-state index contributed by atoms with van der Waals surface area (Å²) in [6.45, 7) is 2.41. The van der Waals surface area contributed by atoms with Crippen LogP contribution in [-0.4, -0.2) is 66.5 Å². The molecule has 0 aromatic heterocycles. The Hall–Kier alpha value is -2.41. The van der Waals surface area contributed by atoms with Gasteiger partial charge >= 0.3 is 6.03 Å². The summed E-state index contributed by atoms with van der Waals surface area (Å²) in [5, 5.41) is 2.62. The van der Waals surface area contributed by atoms with Crippen LogP contribution in [0.3, 0.4) is 0 Å². The zero-order chi connectivity index (χ0) is 16.9. The number of benzene rings is 1. The van der Waals surface area contributed by atoms with Crippen molar-refractivity contribution >= 4 is 17.8 Å². The second-order valence-electron chi connectivity index (χ2n) is 5.92. The van der Waals surface area contributed by atoms with E-state index in [9.17, 15) is 14.4 Å². The van der Waals surface area contributed by atoms with Crippen LogP contribution in [-0.2, 0) is 20.7 Å². The van der Waals surface area contributed by atoms with Crippen molar-refractivity contribution in [3.8, 4) is 0 Å². The zero-order valence-electron chi connectivity index (χ0n) is 13.4. The van der Waals surface area contributed by atoms with Crippen molar-refractivity contribution in [1.29, 1.82) is 0 Å². The standard InChI is InChI=1S/C17H21N3O4/c21-15(19-8-10-24-11-9-19)12-14-16(22)20(17(23)18-14)7-6-13-4-2-1-3-5-13/h1-5,14H,6-12H2,(H,18,23)/t14-/m0/s1. The van der Waals surface area contributed by atoms with Crippen LogP contribution in [0.1, 0.15) is 12.0 Å². The molecule has 2 fully saturated rings. The molecule has 1 aromatic rings. The van der Waals surface area contributed by atoms with Crippen molar-refractivity contribution in [2.75, 3.05) is 32.8 Å². The molecule has 1 aromatic carbocycles. The largest absolute Gasteiger partial charge is 0.378 e. The Morgan fingerprint density at radius 3 is 2.58 bits per heavy atom. The maximum absolute atomic E-state index is 12.4. The lowest BCUT2D eigenvalue weighted by atomic mass is 10.1. The van der Waals surface area contributed by atoms with Crippen molar-refractivity contribution in [1.82, 2.24) is 15.1 Å². The second kappa shape index (κ2) is 7.44. The van der Waals surface area contributed by atoms with Gasteiger partial charge in [0.1, 0.15) is 6.04 Å². The number of hydrogen-bond acceptors (Lipinski definition) is 4. The highest BCUT2D eigenvalue weighted by Gasteiger charge is 2.39. The first-order valence-corrected chi connectivity index (χ1v) is 8.16. The van der Waals surface area contributed by atoms with Crippen LogP contribution in [0.25, 0.3) is 0 Å². The van der Waals surface area contributed by atoms with Crippen molar-refractivity contribution in [2.24, 2.45) is 0 Å². The lowest BCUT2D eigenvalue weighted by Gasteiger charge is -2.27. The van der Waals surface area contributed by atoms with Gasteiger partial charge in [0.2, 0.25) is 5.91 Å². The van der Waals surface area contributed by atoms with E-state index in [0.29, 0.717) is 39.3 Å². The Bertz CT molecular complexity index is 614. The van der Waals surface area contributed by atoms with Crippen molar-refractivity contribution in [2.45, 2.75) is 18.9 Å². The van der Waals surface area contributed by atoms with Crippen LogP contribution in [0.4, 0.5) is 4.79 Å². The van der Waals surface area contributed by atoms with Crippen molar-refractivity contribution in [3.05, 3.63) is 35.9 Å². The maximum Gasteiger partial charge on any atom is 0.324 e. The Morgan fingerprint density at radius 2 is 1.88 bits per heavy atom. The number of urea groups is 1. The fraction of sp³-hybridized carbons (Fsp3) is 0.471. The van der Waals surface area contributed by atoms with Crippen LogP contribution in [0.5, 0.6) is 0 Å². The summed E-state index contributed by atoms with van der Waals surface area (Å²) in [6, 6.07) is 8.50. The molecule has 1 N–H and O–H groups in total. The Balaban J connectivity index is 1.54. The minimum Gasteiger partial charge on any atom is -0.378 e. The number of imide groups is 1. The number of nitrogens with zero attached hydrogens (tertiary/aromatic N) is 2. The van der Waals surface area contributed by atoms with E-state index in [1.54, 1.807) is 4.90 Å². The SMILES string of the molecule is O=C(C[C@@H]1NC(=O)N(CCc2ccccc2)C1=O)N1CCOCC1. The topological polar surface area (TPSA) is 79.0 Å². The van der Waals surface area contributed by atoms with Gasteiger partial charge in [0, 0.05) is 19.6 Å². The normalized spacial score (nSPS) is 21.1. The lowest BCUT2D eigenvalue weighted by molar-refractivity contribution is -0.138. The van der Waals surface area contributed by atoms with Crippen LogP contribution >= 0.6 is 0 Å². The Labute approximate surface area is 140 Å². The number of carbonyl (C=O) groups excluding carboxylic acids is 3. The van der Waals surface area contributed by atoms with Gasteiger partial charge in [-0.3, -0.25) is 14.5 Å². The van der Waals surface area contributed by atoms with Crippen LogP contribution < -0.4 is 5.32 Å². The number of rotatable bonds is 5. The molecule has 7 nitrogen and oxygen atoms in total. The van der Waals surface area contributed by atoms with E-state index in [2.05, 4.69) is 5.32 Å². The van der Waals surface area contributed by atoms with E-state index in [-0.39, 0.29) is 18.2 Å². The minimum absolute atomic E-state index is 0.00636. The molecule has 2 aliphatic heterocycles. The molecule has 24 heavy (non-hydrogen) atoms. The van der Waals surface area contributed by atoms with E-state index in [1.807, 2.05) is 30.3 Å². The number of ether oxygens (including phenoxy) is 1. The van der Waals surface area contributed by atoms with Gasteiger partial charge in [0.25, 0.3) is 5.91 Å². The molecule has 128 valence electrons. The summed E-state index contributed by atoms with van der Waals surface area (Å²) in [4.78, 5) is 39.5. The van der Waals surface area contributed by atoms with E-state index in [4.69, 9.17) is 4.74 Å². The van der Waals surface area contributed by atoms with Crippen LogP contribution in [0, 0.1) is 0 Å². The number of amides is 4. The number of carbonyl (C=O) groups is 3. The molecule has 0 unspecified atom stereocenters.